The summed E-state index contributed by atoms with van der Waals surface area (Å²) in [5.74, 6) is 0.104. The molecule has 0 unspecified atom stereocenters. The van der Waals surface area contributed by atoms with Gasteiger partial charge in [0.2, 0.25) is 0 Å². The summed E-state index contributed by atoms with van der Waals surface area (Å²) in [6.45, 7) is 6.11. The van der Waals surface area contributed by atoms with Crippen molar-refractivity contribution in [1.82, 2.24) is 9.80 Å². The Bertz CT molecular complexity index is 961. The quantitative estimate of drug-likeness (QED) is 0.566. The monoisotopic (exact) mass is 473 g/mol. The molecule has 3 aromatic rings. The minimum atomic E-state index is -0.217. The van der Waals surface area contributed by atoms with Crippen LogP contribution in [0.15, 0.2) is 57.6 Å². The van der Waals surface area contributed by atoms with E-state index in [0.29, 0.717) is 5.76 Å². The van der Waals surface area contributed by atoms with Gasteiger partial charge in [-0.2, -0.15) is 0 Å². The number of furan rings is 1. The third-order valence-electron chi connectivity index (χ3n) is 5.24. The minimum absolute atomic E-state index is 0.0913. The average molecular weight is 474 g/mol. The number of likely N-dealkylation sites (N-methyl/N-ethyl adjacent to an activating group) is 1. The van der Waals surface area contributed by atoms with Gasteiger partial charge in [-0.05, 0) is 49.9 Å². The number of benzene rings is 1. The van der Waals surface area contributed by atoms with Crippen LogP contribution in [0, 0.1) is 6.92 Å². The van der Waals surface area contributed by atoms with Crippen molar-refractivity contribution >= 4 is 38.2 Å². The number of piperazine rings is 1. The van der Waals surface area contributed by atoms with Gasteiger partial charge in [0.05, 0.1) is 12.3 Å². The second-order valence-corrected chi connectivity index (χ2v) is 9.54. The van der Waals surface area contributed by atoms with E-state index in [9.17, 15) is 4.79 Å². The van der Waals surface area contributed by atoms with Crippen LogP contribution in [-0.4, -0.2) is 48.9 Å². The number of halogens is 1. The number of anilines is 1. The topological polar surface area (TPSA) is 48.7 Å². The van der Waals surface area contributed by atoms with Crippen molar-refractivity contribution in [2.24, 2.45) is 0 Å². The van der Waals surface area contributed by atoms with E-state index in [0.717, 1.165) is 41.2 Å². The number of carbonyl (C=O) groups is 1. The molecule has 1 aliphatic rings. The fourth-order valence-corrected chi connectivity index (χ4v) is 4.92. The molecule has 152 valence electrons. The Labute approximate surface area is 183 Å². The van der Waals surface area contributed by atoms with Gasteiger partial charge in [0.1, 0.15) is 5.00 Å². The van der Waals surface area contributed by atoms with Crippen molar-refractivity contribution < 1.29 is 9.21 Å². The van der Waals surface area contributed by atoms with Gasteiger partial charge in [0.25, 0.3) is 5.91 Å². The smallest absolute Gasteiger partial charge is 0.291 e. The fraction of sp³-hybridized carbons (Fsp3) is 0.318. The van der Waals surface area contributed by atoms with Gasteiger partial charge in [-0.25, -0.2) is 0 Å². The highest BCUT2D eigenvalue weighted by Crippen LogP contribution is 2.39. The lowest BCUT2D eigenvalue weighted by molar-refractivity contribution is 0.0996. The molecule has 4 rings (SSSR count). The predicted molar refractivity (Wildman–Crippen MR) is 121 cm³/mol. The normalized spacial score (nSPS) is 16.7. The van der Waals surface area contributed by atoms with Gasteiger partial charge >= 0.3 is 0 Å². The number of hydrogen-bond donors (Lipinski definition) is 1. The first-order chi connectivity index (χ1) is 14.0. The summed E-state index contributed by atoms with van der Waals surface area (Å²) in [6.07, 6.45) is 1.52. The van der Waals surface area contributed by atoms with Gasteiger partial charge in [-0.15, -0.1) is 11.3 Å². The van der Waals surface area contributed by atoms with E-state index >= 15 is 0 Å². The molecule has 7 heteroatoms. The summed E-state index contributed by atoms with van der Waals surface area (Å²) in [7, 11) is 2.16. The highest BCUT2D eigenvalue weighted by Gasteiger charge is 2.29. The molecule has 0 aliphatic carbocycles. The van der Waals surface area contributed by atoms with E-state index in [1.165, 1.54) is 16.7 Å². The summed E-state index contributed by atoms with van der Waals surface area (Å²) in [5, 5.41) is 3.97. The van der Waals surface area contributed by atoms with Crippen LogP contribution in [0.3, 0.4) is 0 Å². The van der Waals surface area contributed by atoms with Crippen LogP contribution >= 0.6 is 27.3 Å². The number of thiophene rings is 1. The molecule has 1 N–H and O–H groups in total. The summed E-state index contributed by atoms with van der Waals surface area (Å²) >= 11 is 5.15. The molecule has 0 spiro atoms. The first-order valence-corrected chi connectivity index (χ1v) is 11.3. The van der Waals surface area contributed by atoms with E-state index in [2.05, 4.69) is 75.3 Å². The average Bonchev–Trinajstić information content (AvgIpc) is 3.35. The molecule has 1 amide bonds. The number of nitrogens with zero attached hydrogens (tertiary/aromatic N) is 2. The number of nitrogens with one attached hydrogen (secondary N) is 1. The summed E-state index contributed by atoms with van der Waals surface area (Å²) in [4.78, 5) is 18.7. The van der Waals surface area contributed by atoms with Crippen LogP contribution < -0.4 is 5.32 Å². The van der Waals surface area contributed by atoms with E-state index in [1.54, 1.807) is 23.5 Å². The van der Waals surface area contributed by atoms with Crippen molar-refractivity contribution in [2.75, 3.05) is 38.5 Å². The second kappa shape index (κ2) is 8.83. The number of hydrogen-bond acceptors (Lipinski definition) is 5. The zero-order valence-corrected chi connectivity index (χ0v) is 18.9. The van der Waals surface area contributed by atoms with Crippen LogP contribution in [0.2, 0.25) is 0 Å². The van der Waals surface area contributed by atoms with E-state index in [1.807, 2.05) is 0 Å². The lowest BCUT2D eigenvalue weighted by atomic mass is 9.97. The van der Waals surface area contributed by atoms with Gasteiger partial charge in [-0.3, -0.25) is 9.69 Å². The first kappa shape index (κ1) is 20.3. The Balaban J connectivity index is 1.70. The molecule has 1 atom stereocenters. The SMILES string of the molecule is Cc1cc([C@H](c2ccc(Br)cc2)N2CCN(C)CC2)c(NC(=O)c2ccco2)s1. The van der Waals surface area contributed by atoms with E-state index < -0.39 is 0 Å². The van der Waals surface area contributed by atoms with Crippen molar-refractivity contribution in [3.05, 3.63) is 75.0 Å². The zero-order chi connectivity index (χ0) is 20.4. The molecule has 2 aromatic heterocycles. The summed E-state index contributed by atoms with van der Waals surface area (Å²) in [6, 6.07) is 14.2. The maximum absolute atomic E-state index is 12.6. The van der Waals surface area contributed by atoms with Crippen LogP contribution in [-0.2, 0) is 0 Å². The molecule has 1 aromatic carbocycles. The summed E-state index contributed by atoms with van der Waals surface area (Å²) < 4.78 is 6.33. The van der Waals surface area contributed by atoms with Gasteiger partial charge < -0.3 is 14.6 Å². The molecule has 0 radical (unpaired) electrons. The molecule has 1 fully saturated rings. The molecular formula is C22H24BrN3O2S. The Morgan fingerprint density at radius 2 is 1.90 bits per heavy atom. The fourth-order valence-electron chi connectivity index (χ4n) is 3.72. The van der Waals surface area contributed by atoms with Gasteiger partial charge in [-0.1, -0.05) is 28.1 Å². The minimum Gasteiger partial charge on any atom is -0.459 e. The van der Waals surface area contributed by atoms with Crippen molar-refractivity contribution in [3.63, 3.8) is 0 Å². The Kier molecular flexibility index (Phi) is 6.20. The van der Waals surface area contributed by atoms with E-state index in [4.69, 9.17) is 4.42 Å². The van der Waals surface area contributed by atoms with Crippen molar-refractivity contribution in [3.8, 4) is 0 Å². The van der Waals surface area contributed by atoms with Crippen molar-refractivity contribution in [1.29, 1.82) is 0 Å². The third kappa shape index (κ3) is 4.64. The molecule has 1 aliphatic heterocycles. The molecule has 0 bridgehead atoms. The lowest BCUT2D eigenvalue weighted by Gasteiger charge is -2.38. The maximum Gasteiger partial charge on any atom is 0.291 e. The van der Waals surface area contributed by atoms with Gasteiger partial charge in [0.15, 0.2) is 5.76 Å². The lowest BCUT2D eigenvalue weighted by Crippen LogP contribution is -2.46. The largest absolute Gasteiger partial charge is 0.459 e. The number of carbonyl (C=O) groups excluding carboxylic acids is 1. The second-order valence-electron chi connectivity index (χ2n) is 7.37. The van der Waals surface area contributed by atoms with Crippen LogP contribution in [0.25, 0.3) is 0 Å². The Morgan fingerprint density at radius 3 is 2.55 bits per heavy atom. The number of aryl methyl sites for hydroxylation is 1. The molecule has 0 saturated carbocycles. The van der Waals surface area contributed by atoms with Crippen molar-refractivity contribution in [2.45, 2.75) is 13.0 Å². The predicted octanol–water partition coefficient (Wildman–Crippen LogP) is 5.00. The third-order valence-corrected chi connectivity index (χ3v) is 6.75. The Hall–Kier alpha value is -1.93. The van der Waals surface area contributed by atoms with Crippen LogP contribution in [0.1, 0.15) is 32.6 Å². The molecule has 29 heavy (non-hydrogen) atoms. The van der Waals surface area contributed by atoms with Crippen LogP contribution in [0.4, 0.5) is 5.00 Å². The van der Waals surface area contributed by atoms with E-state index in [-0.39, 0.29) is 11.9 Å². The highest BCUT2D eigenvalue weighted by molar-refractivity contribution is 9.10. The molecule has 3 heterocycles. The molecule has 1 saturated heterocycles. The number of rotatable bonds is 5. The summed E-state index contributed by atoms with van der Waals surface area (Å²) in [5.41, 5.74) is 2.36. The highest BCUT2D eigenvalue weighted by atomic mass is 79.9. The van der Waals surface area contributed by atoms with Crippen LogP contribution in [0.5, 0.6) is 0 Å². The molecule has 5 nitrogen and oxygen atoms in total. The standard InChI is InChI=1S/C22H24BrN3O2S/c1-15-14-18(22(29-15)24-21(27)19-4-3-13-28-19)20(16-5-7-17(23)8-6-16)26-11-9-25(2)10-12-26/h3-8,13-14,20H,9-12H2,1-2H3,(H,24,27)/t20-/m0/s1. The Morgan fingerprint density at radius 1 is 1.17 bits per heavy atom. The molecular weight excluding hydrogens is 450 g/mol. The maximum atomic E-state index is 12.6. The zero-order valence-electron chi connectivity index (χ0n) is 16.5. The number of amides is 1. The van der Waals surface area contributed by atoms with Gasteiger partial charge in [0, 0.05) is 41.1 Å². The first-order valence-electron chi connectivity index (χ1n) is 9.64.